The molecule has 3 heteroatoms. The van der Waals surface area contributed by atoms with Crippen molar-refractivity contribution >= 4 is 0 Å². The van der Waals surface area contributed by atoms with E-state index in [1.165, 1.54) is 13.0 Å². The Balaban J connectivity index is 2.12. The summed E-state index contributed by atoms with van der Waals surface area (Å²) in [6.07, 6.45) is 2.83. The highest BCUT2D eigenvalue weighted by atomic mass is 16.5. The lowest BCUT2D eigenvalue weighted by atomic mass is 10.2. The lowest BCUT2D eigenvalue weighted by Crippen LogP contribution is -2.43. The van der Waals surface area contributed by atoms with Crippen molar-refractivity contribution < 1.29 is 4.74 Å². The molecule has 1 unspecified atom stereocenters. The largest absolute Gasteiger partial charge is 0.376 e. The molecule has 0 aromatic heterocycles. The molecule has 1 heterocycles. The maximum Gasteiger partial charge on any atom is 0.0714 e. The van der Waals surface area contributed by atoms with Crippen LogP contribution in [0.1, 0.15) is 33.6 Å². The van der Waals surface area contributed by atoms with Gasteiger partial charge < -0.3 is 10.1 Å². The van der Waals surface area contributed by atoms with Crippen molar-refractivity contribution in [1.29, 1.82) is 0 Å². The Morgan fingerprint density at radius 1 is 1.47 bits per heavy atom. The smallest absolute Gasteiger partial charge is 0.0714 e. The van der Waals surface area contributed by atoms with Gasteiger partial charge in [-0.3, -0.25) is 4.90 Å². The van der Waals surface area contributed by atoms with Gasteiger partial charge >= 0.3 is 0 Å². The van der Waals surface area contributed by atoms with Crippen molar-refractivity contribution in [3.63, 3.8) is 0 Å². The topological polar surface area (TPSA) is 24.5 Å². The third kappa shape index (κ3) is 5.50. The molecule has 0 spiro atoms. The molecule has 1 saturated heterocycles. The van der Waals surface area contributed by atoms with Crippen molar-refractivity contribution in [2.75, 3.05) is 32.8 Å². The molecule has 3 nitrogen and oxygen atoms in total. The number of morpholine rings is 1. The third-order valence-electron chi connectivity index (χ3n) is 2.78. The molecule has 1 aliphatic heterocycles. The molecule has 1 aliphatic rings. The molecule has 1 N–H and O–H groups in total. The Hall–Kier alpha value is -0.120. The van der Waals surface area contributed by atoms with Crippen LogP contribution in [-0.2, 0) is 4.74 Å². The summed E-state index contributed by atoms with van der Waals surface area (Å²) in [5.74, 6) is 0. The van der Waals surface area contributed by atoms with Gasteiger partial charge in [0.15, 0.2) is 0 Å². The van der Waals surface area contributed by atoms with Gasteiger partial charge in [0.25, 0.3) is 0 Å². The van der Waals surface area contributed by atoms with Gasteiger partial charge in [0.05, 0.1) is 12.7 Å². The fourth-order valence-electron chi connectivity index (χ4n) is 2.01. The van der Waals surface area contributed by atoms with Gasteiger partial charge in [-0.1, -0.05) is 20.8 Å². The van der Waals surface area contributed by atoms with Crippen molar-refractivity contribution in [3.8, 4) is 0 Å². The Bertz CT molecular complexity index is 160. The summed E-state index contributed by atoms with van der Waals surface area (Å²) < 4.78 is 5.75. The molecule has 1 atom stereocenters. The van der Waals surface area contributed by atoms with Crippen LogP contribution in [0.2, 0.25) is 0 Å². The number of rotatable bonds is 6. The zero-order valence-electron chi connectivity index (χ0n) is 10.5. The van der Waals surface area contributed by atoms with Gasteiger partial charge in [-0.15, -0.1) is 0 Å². The number of ether oxygens (including phenoxy) is 1. The van der Waals surface area contributed by atoms with E-state index >= 15 is 0 Å². The number of nitrogens with one attached hydrogen (secondary N) is 1. The quantitative estimate of drug-likeness (QED) is 0.725. The first kappa shape index (κ1) is 12.9. The molecule has 90 valence electrons. The molecule has 0 aromatic rings. The van der Waals surface area contributed by atoms with Gasteiger partial charge in [0.2, 0.25) is 0 Å². The van der Waals surface area contributed by atoms with Gasteiger partial charge in [-0.2, -0.15) is 0 Å². The highest BCUT2D eigenvalue weighted by Crippen LogP contribution is 2.08. The fraction of sp³-hybridized carbons (Fsp3) is 1.00. The first-order valence-electron chi connectivity index (χ1n) is 6.29. The monoisotopic (exact) mass is 214 g/mol. The van der Waals surface area contributed by atoms with E-state index < -0.39 is 0 Å². The van der Waals surface area contributed by atoms with Crippen molar-refractivity contribution in [2.24, 2.45) is 0 Å². The minimum Gasteiger partial charge on any atom is -0.376 e. The molecular weight excluding hydrogens is 188 g/mol. The lowest BCUT2D eigenvalue weighted by molar-refractivity contribution is -0.0315. The van der Waals surface area contributed by atoms with Crippen LogP contribution in [0.4, 0.5) is 0 Å². The Morgan fingerprint density at radius 2 is 2.27 bits per heavy atom. The van der Waals surface area contributed by atoms with Crippen LogP contribution in [0.5, 0.6) is 0 Å². The summed E-state index contributed by atoms with van der Waals surface area (Å²) >= 11 is 0. The average Bonchev–Trinajstić information content (AvgIpc) is 2.18. The predicted octanol–water partition coefficient (Wildman–Crippen LogP) is 1.49. The van der Waals surface area contributed by atoms with Crippen molar-refractivity contribution in [2.45, 2.75) is 45.8 Å². The van der Waals surface area contributed by atoms with Crippen LogP contribution in [0, 0.1) is 0 Å². The molecule has 0 bridgehead atoms. The zero-order valence-corrected chi connectivity index (χ0v) is 10.5. The van der Waals surface area contributed by atoms with E-state index in [1.54, 1.807) is 0 Å². The zero-order chi connectivity index (χ0) is 11.1. The van der Waals surface area contributed by atoms with Crippen LogP contribution < -0.4 is 5.32 Å². The summed E-state index contributed by atoms with van der Waals surface area (Å²) in [7, 11) is 0. The predicted molar refractivity (Wildman–Crippen MR) is 64.2 cm³/mol. The SMILES string of the molecule is CCCN1CCOC(CCNC(C)C)C1. The van der Waals surface area contributed by atoms with Gasteiger partial charge in [-0.05, 0) is 25.9 Å². The van der Waals surface area contributed by atoms with E-state index in [4.69, 9.17) is 4.74 Å². The standard InChI is InChI=1S/C12H26N2O/c1-4-7-14-8-9-15-12(10-14)5-6-13-11(2)3/h11-13H,4-10H2,1-3H3. The van der Waals surface area contributed by atoms with Gasteiger partial charge in [0.1, 0.15) is 0 Å². The normalized spacial score (nSPS) is 23.6. The minimum atomic E-state index is 0.441. The molecule has 0 amide bonds. The van der Waals surface area contributed by atoms with Crippen LogP contribution in [0.25, 0.3) is 0 Å². The molecular formula is C12H26N2O. The van der Waals surface area contributed by atoms with Gasteiger partial charge in [0, 0.05) is 19.1 Å². The summed E-state index contributed by atoms with van der Waals surface area (Å²) in [5.41, 5.74) is 0. The molecule has 0 aliphatic carbocycles. The van der Waals surface area contributed by atoms with E-state index in [9.17, 15) is 0 Å². The Labute approximate surface area is 94.2 Å². The molecule has 0 aromatic carbocycles. The first-order valence-corrected chi connectivity index (χ1v) is 6.29. The van der Waals surface area contributed by atoms with Crippen LogP contribution in [0.15, 0.2) is 0 Å². The molecule has 1 fully saturated rings. The second-order valence-electron chi connectivity index (χ2n) is 4.69. The molecule has 0 saturated carbocycles. The van der Waals surface area contributed by atoms with Gasteiger partial charge in [-0.25, -0.2) is 0 Å². The second kappa shape index (κ2) is 7.20. The summed E-state index contributed by atoms with van der Waals surface area (Å²) in [4.78, 5) is 2.52. The molecule has 0 radical (unpaired) electrons. The summed E-state index contributed by atoms with van der Waals surface area (Å²) in [5, 5.41) is 3.44. The number of hydrogen-bond acceptors (Lipinski definition) is 3. The van der Waals surface area contributed by atoms with E-state index in [0.29, 0.717) is 12.1 Å². The van der Waals surface area contributed by atoms with E-state index in [0.717, 1.165) is 32.7 Å². The minimum absolute atomic E-state index is 0.441. The average molecular weight is 214 g/mol. The van der Waals surface area contributed by atoms with Crippen LogP contribution in [-0.4, -0.2) is 49.8 Å². The number of hydrogen-bond donors (Lipinski definition) is 1. The number of nitrogens with zero attached hydrogens (tertiary/aromatic N) is 1. The van der Waals surface area contributed by atoms with Crippen molar-refractivity contribution in [1.82, 2.24) is 10.2 Å². The Kier molecular flexibility index (Phi) is 6.22. The van der Waals surface area contributed by atoms with Crippen LogP contribution >= 0.6 is 0 Å². The molecule has 1 rings (SSSR count). The summed E-state index contributed by atoms with van der Waals surface area (Å²) in [6.45, 7) is 12.0. The maximum atomic E-state index is 5.75. The van der Waals surface area contributed by atoms with E-state index in [2.05, 4.69) is 31.0 Å². The lowest BCUT2D eigenvalue weighted by Gasteiger charge is -2.32. The third-order valence-corrected chi connectivity index (χ3v) is 2.78. The van der Waals surface area contributed by atoms with Crippen molar-refractivity contribution in [3.05, 3.63) is 0 Å². The maximum absolute atomic E-state index is 5.75. The van der Waals surface area contributed by atoms with Crippen LogP contribution in [0.3, 0.4) is 0 Å². The van der Waals surface area contributed by atoms with E-state index in [1.807, 2.05) is 0 Å². The first-order chi connectivity index (χ1) is 7.22. The highest BCUT2D eigenvalue weighted by Gasteiger charge is 2.19. The van der Waals surface area contributed by atoms with E-state index in [-0.39, 0.29) is 0 Å². The Morgan fingerprint density at radius 3 is 2.93 bits per heavy atom. The summed E-state index contributed by atoms with van der Waals surface area (Å²) in [6, 6.07) is 0.584. The molecule has 15 heavy (non-hydrogen) atoms. The second-order valence-corrected chi connectivity index (χ2v) is 4.69. The highest BCUT2D eigenvalue weighted by molar-refractivity contribution is 4.72. The fourth-order valence-corrected chi connectivity index (χ4v) is 2.01.